The molecule has 0 aliphatic carbocycles. The van der Waals surface area contributed by atoms with Crippen molar-refractivity contribution in [2.24, 2.45) is 5.92 Å². The third-order valence-electron chi connectivity index (χ3n) is 2.84. The Bertz CT molecular complexity index is 339. The predicted molar refractivity (Wildman–Crippen MR) is 70.3 cm³/mol. The van der Waals surface area contributed by atoms with Crippen LogP contribution in [0.4, 0.5) is 0 Å². The van der Waals surface area contributed by atoms with Crippen molar-refractivity contribution in [3.63, 3.8) is 0 Å². The first-order chi connectivity index (χ1) is 8.58. The van der Waals surface area contributed by atoms with Gasteiger partial charge in [0, 0.05) is 19.6 Å². The number of hydrogen-bond donors (Lipinski definition) is 1. The van der Waals surface area contributed by atoms with Crippen LogP contribution in [0.2, 0.25) is 0 Å². The first kappa shape index (κ1) is 15.1. The number of rotatable bonds is 8. The summed E-state index contributed by atoms with van der Waals surface area (Å²) in [4.78, 5) is 4.22. The van der Waals surface area contributed by atoms with Crippen LogP contribution in [0.1, 0.15) is 39.9 Å². The highest BCUT2D eigenvalue weighted by molar-refractivity contribution is 4.90. The van der Waals surface area contributed by atoms with Gasteiger partial charge in [0.25, 0.3) is 0 Å². The average molecular weight is 255 g/mol. The lowest BCUT2D eigenvalue weighted by Crippen LogP contribution is -2.31. The molecule has 1 N–H and O–H groups in total. The van der Waals surface area contributed by atoms with E-state index in [1.807, 2.05) is 18.5 Å². The Morgan fingerprint density at radius 2 is 2.11 bits per heavy atom. The topological polar surface area (TPSA) is 60.2 Å². The number of aliphatic hydroxyl groups excluding tert-OH is 1. The van der Waals surface area contributed by atoms with Crippen LogP contribution in [0.15, 0.2) is 6.33 Å². The summed E-state index contributed by atoms with van der Waals surface area (Å²) >= 11 is 0. The zero-order chi connectivity index (χ0) is 13.5. The Hall–Kier alpha value is -0.940. The van der Waals surface area contributed by atoms with Crippen molar-refractivity contribution >= 4 is 0 Å². The summed E-state index contributed by atoms with van der Waals surface area (Å²) in [6.07, 6.45) is 2.19. The molecule has 5 nitrogen and oxygen atoms in total. The number of ether oxygens (including phenoxy) is 1. The monoisotopic (exact) mass is 255 g/mol. The Balaban J connectivity index is 2.63. The van der Waals surface area contributed by atoms with Crippen molar-refractivity contribution in [1.82, 2.24) is 14.8 Å². The molecule has 18 heavy (non-hydrogen) atoms. The minimum absolute atomic E-state index is 0.126. The van der Waals surface area contributed by atoms with E-state index in [1.54, 1.807) is 6.33 Å². The normalized spacial score (nSPS) is 15.0. The van der Waals surface area contributed by atoms with Crippen LogP contribution in [0, 0.1) is 5.92 Å². The molecule has 1 aromatic rings. The Morgan fingerprint density at radius 1 is 1.39 bits per heavy atom. The highest BCUT2D eigenvalue weighted by Gasteiger charge is 2.20. The van der Waals surface area contributed by atoms with Gasteiger partial charge in [0.1, 0.15) is 12.2 Å². The molecule has 0 aromatic carbocycles. The standard InChI is InChI=1S/C13H25N3O2/c1-5-12(18-6-2)11(17)7-13-14-9-15-16(13)8-10(3)4/h9-12,17H,5-8H2,1-4H3. The van der Waals surface area contributed by atoms with E-state index in [0.717, 1.165) is 18.8 Å². The van der Waals surface area contributed by atoms with Gasteiger partial charge in [-0.25, -0.2) is 9.67 Å². The van der Waals surface area contributed by atoms with Crippen molar-refractivity contribution in [1.29, 1.82) is 0 Å². The molecule has 0 bridgehead atoms. The van der Waals surface area contributed by atoms with Gasteiger partial charge in [-0.3, -0.25) is 0 Å². The van der Waals surface area contributed by atoms with Crippen molar-refractivity contribution in [2.45, 2.75) is 59.3 Å². The molecule has 2 unspecified atom stereocenters. The summed E-state index contributed by atoms with van der Waals surface area (Å²) in [5.41, 5.74) is 0. The SMILES string of the molecule is CCOC(CC)C(O)Cc1ncnn1CC(C)C. The molecule has 104 valence electrons. The maximum absolute atomic E-state index is 10.2. The molecule has 1 aromatic heterocycles. The van der Waals surface area contributed by atoms with E-state index in [2.05, 4.69) is 23.9 Å². The Kier molecular flexibility index (Phi) is 6.29. The highest BCUT2D eigenvalue weighted by Crippen LogP contribution is 2.10. The number of aliphatic hydroxyl groups is 1. The lowest BCUT2D eigenvalue weighted by molar-refractivity contribution is -0.0346. The van der Waals surface area contributed by atoms with E-state index in [4.69, 9.17) is 4.74 Å². The van der Waals surface area contributed by atoms with E-state index in [9.17, 15) is 5.11 Å². The van der Waals surface area contributed by atoms with Gasteiger partial charge in [0.15, 0.2) is 0 Å². The van der Waals surface area contributed by atoms with E-state index in [-0.39, 0.29) is 6.10 Å². The second-order valence-corrected chi connectivity index (χ2v) is 4.93. The molecule has 0 aliphatic rings. The molecule has 2 atom stereocenters. The largest absolute Gasteiger partial charge is 0.390 e. The first-order valence-electron chi connectivity index (χ1n) is 6.74. The molecule has 0 spiro atoms. The van der Waals surface area contributed by atoms with Gasteiger partial charge in [0.05, 0.1) is 12.2 Å². The van der Waals surface area contributed by atoms with Crippen LogP contribution in [-0.4, -0.2) is 38.7 Å². The molecule has 0 fully saturated rings. The summed E-state index contributed by atoms with van der Waals surface area (Å²) < 4.78 is 7.38. The molecule has 0 radical (unpaired) electrons. The highest BCUT2D eigenvalue weighted by atomic mass is 16.5. The van der Waals surface area contributed by atoms with E-state index in [0.29, 0.717) is 18.9 Å². The van der Waals surface area contributed by atoms with E-state index in [1.165, 1.54) is 0 Å². The summed E-state index contributed by atoms with van der Waals surface area (Å²) in [6.45, 7) is 9.68. The van der Waals surface area contributed by atoms with Crippen molar-refractivity contribution in [3.05, 3.63) is 12.2 Å². The fraction of sp³-hybridized carbons (Fsp3) is 0.846. The summed E-state index contributed by atoms with van der Waals surface area (Å²) in [7, 11) is 0. The third-order valence-corrected chi connectivity index (χ3v) is 2.84. The lowest BCUT2D eigenvalue weighted by atomic mass is 10.1. The van der Waals surface area contributed by atoms with Crippen LogP contribution in [0.25, 0.3) is 0 Å². The van der Waals surface area contributed by atoms with E-state index < -0.39 is 6.10 Å². The fourth-order valence-corrected chi connectivity index (χ4v) is 1.98. The number of hydrogen-bond acceptors (Lipinski definition) is 4. The second kappa shape index (κ2) is 7.48. The minimum Gasteiger partial charge on any atom is -0.390 e. The van der Waals surface area contributed by atoms with Crippen LogP contribution < -0.4 is 0 Å². The average Bonchev–Trinajstić information content (AvgIpc) is 2.72. The maximum atomic E-state index is 10.2. The van der Waals surface area contributed by atoms with Gasteiger partial charge in [-0.2, -0.15) is 5.10 Å². The van der Waals surface area contributed by atoms with Crippen LogP contribution in [0.5, 0.6) is 0 Å². The molecular weight excluding hydrogens is 230 g/mol. The van der Waals surface area contributed by atoms with Gasteiger partial charge in [0.2, 0.25) is 0 Å². The molecule has 5 heteroatoms. The summed E-state index contributed by atoms with van der Waals surface area (Å²) in [5.74, 6) is 1.34. The molecule has 0 amide bonds. The predicted octanol–water partition coefficient (Wildman–Crippen LogP) is 1.65. The molecule has 0 saturated carbocycles. The van der Waals surface area contributed by atoms with Gasteiger partial charge in [-0.15, -0.1) is 0 Å². The van der Waals surface area contributed by atoms with Crippen molar-refractivity contribution in [3.8, 4) is 0 Å². The zero-order valence-electron chi connectivity index (χ0n) is 11.8. The fourth-order valence-electron chi connectivity index (χ4n) is 1.98. The number of aromatic nitrogens is 3. The van der Waals surface area contributed by atoms with Crippen LogP contribution in [-0.2, 0) is 17.7 Å². The molecule has 0 saturated heterocycles. The van der Waals surface area contributed by atoms with Crippen LogP contribution in [0.3, 0.4) is 0 Å². The van der Waals surface area contributed by atoms with Gasteiger partial charge in [-0.05, 0) is 19.3 Å². The Morgan fingerprint density at radius 3 is 2.67 bits per heavy atom. The van der Waals surface area contributed by atoms with E-state index >= 15 is 0 Å². The summed E-state index contributed by atoms with van der Waals surface area (Å²) in [5, 5.41) is 14.4. The Labute approximate surface area is 109 Å². The van der Waals surface area contributed by atoms with Crippen molar-refractivity contribution in [2.75, 3.05) is 6.61 Å². The molecule has 1 rings (SSSR count). The van der Waals surface area contributed by atoms with Gasteiger partial charge in [-0.1, -0.05) is 20.8 Å². The van der Waals surface area contributed by atoms with Gasteiger partial charge < -0.3 is 9.84 Å². The maximum Gasteiger partial charge on any atom is 0.138 e. The van der Waals surface area contributed by atoms with Crippen LogP contribution >= 0.6 is 0 Å². The second-order valence-electron chi connectivity index (χ2n) is 4.93. The first-order valence-corrected chi connectivity index (χ1v) is 6.74. The smallest absolute Gasteiger partial charge is 0.138 e. The number of nitrogens with zero attached hydrogens (tertiary/aromatic N) is 3. The van der Waals surface area contributed by atoms with Gasteiger partial charge >= 0.3 is 0 Å². The summed E-state index contributed by atoms with van der Waals surface area (Å²) in [6, 6.07) is 0. The molecule has 1 heterocycles. The third kappa shape index (κ3) is 4.38. The zero-order valence-corrected chi connectivity index (χ0v) is 11.8. The van der Waals surface area contributed by atoms with Crippen molar-refractivity contribution < 1.29 is 9.84 Å². The minimum atomic E-state index is -0.523. The quantitative estimate of drug-likeness (QED) is 0.767. The lowest BCUT2D eigenvalue weighted by Gasteiger charge is -2.21. The molecular formula is C13H25N3O2. The molecule has 0 aliphatic heterocycles.